The van der Waals surface area contributed by atoms with Gasteiger partial charge < -0.3 is 20.7 Å². The zero-order valence-corrected chi connectivity index (χ0v) is 13.2. The molecule has 8 nitrogen and oxygen atoms in total. The van der Waals surface area contributed by atoms with Crippen LogP contribution >= 0.6 is 31.9 Å². The number of fused-ring (bicyclic) bond motifs is 1. The van der Waals surface area contributed by atoms with Crippen LogP contribution in [0.5, 0.6) is 0 Å². The van der Waals surface area contributed by atoms with Crippen LogP contribution in [0.3, 0.4) is 0 Å². The molecule has 4 N–H and O–H groups in total. The average molecular weight is 409 g/mol. The molecule has 1 fully saturated rings. The molecule has 2 aromatic rings. The molecule has 0 aliphatic carbocycles. The smallest absolute Gasteiger partial charge is 0.196 e. The average Bonchev–Trinajstić information content (AvgIpc) is 2.92. The van der Waals surface area contributed by atoms with Crippen LogP contribution in [0.1, 0.15) is 11.8 Å². The van der Waals surface area contributed by atoms with Crippen LogP contribution in [0.2, 0.25) is 0 Å². The maximum Gasteiger partial charge on any atom is 0.196 e. The number of halogens is 2. The molecular weight excluding hydrogens is 398 g/mol. The third-order valence-corrected chi connectivity index (χ3v) is 4.98. The van der Waals surface area contributed by atoms with E-state index in [9.17, 15) is 10.2 Å². The van der Waals surface area contributed by atoms with Gasteiger partial charge in [-0.05, 0) is 0 Å². The highest BCUT2D eigenvalue weighted by Gasteiger charge is 2.54. The lowest BCUT2D eigenvalue weighted by Crippen LogP contribution is -2.35. The third kappa shape index (κ3) is 1.94. The fourth-order valence-corrected chi connectivity index (χ4v) is 3.46. The molecule has 2 aromatic heterocycles. The van der Waals surface area contributed by atoms with Gasteiger partial charge in [0.25, 0.3) is 0 Å². The van der Waals surface area contributed by atoms with Crippen LogP contribution < -0.4 is 5.73 Å². The number of hydrogen-bond donors (Lipinski definition) is 3. The van der Waals surface area contributed by atoms with Crippen LogP contribution in [0.4, 0.5) is 5.82 Å². The number of nitrogen functional groups attached to an aromatic ring is 1. The summed E-state index contributed by atoms with van der Waals surface area (Å²) in [6, 6.07) is 0. The Balaban J connectivity index is 2.10. The minimum atomic E-state index is -0.955. The van der Waals surface area contributed by atoms with E-state index in [0.717, 1.165) is 0 Å². The molecule has 0 bridgehead atoms. The molecule has 0 amide bonds. The molecule has 10 heteroatoms. The topological polar surface area (TPSA) is 119 Å². The number of rotatable bonds is 2. The zero-order valence-electron chi connectivity index (χ0n) is 10.0. The van der Waals surface area contributed by atoms with Crippen molar-refractivity contribution in [1.82, 2.24) is 19.6 Å². The van der Waals surface area contributed by atoms with Crippen molar-refractivity contribution in [1.29, 1.82) is 0 Å². The van der Waals surface area contributed by atoms with Gasteiger partial charge in [0.2, 0.25) is 0 Å². The standard InChI is InChI=1S/C10H11Br2N5O3/c11-10(12)6(19)5(2-18)20-7(10)4-1-14-9-8(13)15-3-16-17(4)9/h1,3,5-7,18-19H,2H2,(H2,13,15,16)/t5-,6+,7+/m1/s1. The van der Waals surface area contributed by atoms with Crippen molar-refractivity contribution in [3.63, 3.8) is 0 Å². The number of aromatic nitrogens is 4. The number of alkyl halides is 2. The predicted octanol–water partition coefficient (Wildman–Crippen LogP) is -0.0143. The van der Waals surface area contributed by atoms with Gasteiger partial charge in [-0.1, -0.05) is 31.9 Å². The third-order valence-electron chi connectivity index (χ3n) is 3.21. The van der Waals surface area contributed by atoms with Crippen LogP contribution in [0.15, 0.2) is 12.5 Å². The van der Waals surface area contributed by atoms with Gasteiger partial charge in [-0.25, -0.2) is 14.5 Å². The maximum absolute atomic E-state index is 10.1. The first-order chi connectivity index (χ1) is 9.46. The Labute approximate surface area is 130 Å². The summed E-state index contributed by atoms with van der Waals surface area (Å²) in [5.74, 6) is 0.248. The van der Waals surface area contributed by atoms with Crippen molar-refractivity contribution in [3.8, 4) is 0 Å². The Morgan fingerprint density at radius 2 is 2.20 bits per heavy atom. The summed E-state index contributed by atoms with van der Waals surface area (Å²) in [7, 11) is 0. The van der Waals surface area contributed by atoms with E-state index in [1.165, 1.54) is 10.8 Å². The number of aliphatic hydroxyl groups is 2. The van der Waals surface area contributed by atoms with Crippen molar-refractivity contribution in [2.24, 2.45) is 0 Å². The second-order valence-electron chi connectivity index (χ2n) is 4.42. The molecule has 0 aromatic carbocycles. The van der Waals surface area contributed by atoms with E-state index < -0.39 is 21.5 Å². The number of anilines is 1. The number of imidazole rings is 1. The zero-order chi connectivity index (χ0) is 14.5. The van der Waals surface area contributed by atoms with Gasteiger partial charge in [-0.15, -0.1) is 0 Å². The Kier molecular flexibility index (Phi) is 3.45. The van der Waals surface area contributed by atoms with Gasteiger partial charge in [-0.3, -0.25) is 0 Å². The molecule has 3 rings (SSSR count). The van der Waals surface area contributed by atoms with E-state index in [2.05, 4.69) is 46.9 Å². The summed E-state index contributed by atoms with van der Waals surface area (Å²) >= 11 is 6.79. The highest BCUT2D eigenvalue weighted by Crippen LogP contribution is 2.51. The molecule has 1 aliphatic rings. The van der Waals surface area contributed by atoms with Crippen molar-refractivity contribution in [3.05, 3.63) is 18.2 Å². The summed E-state index contributed by atoms with van der Waals surface area (Å²) in [6.07, 6.45) is 0.589. The highest BCUT2D eigenvalue weighted by molar-refractivity contribution is 9.25. The molecule has 0 spiro atoms. The second kappa shape index (κ2) is 4.88. The predicted molar refractivity (Wildman–Crippen MR) is 76.5 cm³/mol. The highest BCUT2D eigenvalue weighted by atomic mass is 79.9. The monoisotopic (exact) mass is 407 g/mol. The number of aliphatic hydroxyl groups excluding tert-OH is 2. The summed E-state index contributed by atoms with van der Waals surface area (Å²) in [5.41, 5.74) is 6.72. The Morgan fingerprint density at radius 3 is 2.85 bits per heavy atom. The molecule has 1 saturated heterocycles. The molecule has 0 unspecified atom stereocenters. The van der Waals surface area contributed by atoms with Gasteiger partial charge >= 0.3 is 0 Å². The van der Waals surface area contributed by atoms with Gasteiger partial charge in [-0.2, -0.15) is 5.10 Å². The minimum Gasteiger partial charge on any atom is -0.394 e. The number of hydrogen-bond acceptors (Lipinski definition) is 7. The molecule has 3 atom stereocenters. The quantitative estimate of drug-likeness (QED) is 0.597. The van der Waals surface area contributed by atoms with Gasteiger partial charge in [0, 0.05) is 0 Å². The van der Waals surface area contributed by atoms with Crippen molar-refractivity contribution in [2.45, 2.75) is 21.5 Å². The van der Waals surface area contributed by atoms with Crippen molar-refractivity contribution >= 4 is 43.3 Å². The molecule has 0 saturated carbocycles. The lowest BCUT2D eigenvalue weighted by molar-refractivity contribution is -0.0240. The fourth-order valence-electron chi connectivity index (χ4n) is 2.18. The second-order valence-corrected chi connectivity index (χ2v) is 8.11. The van der Waals surface area contributed by atoms with E-state index >= 15 is 0 Å². The molecule has 3 heterocycles. The number of nitrogens with zero attached hydrogens (tertiary/aromatic N) is 4. The maximum atomic E-state index is 10.1. The van der Waals surface area contributed by atoms with Gasteiger partial charge in [0.15, 0.2) is 11.5 Å². The van der Waals surface area contributed by atoms with Crippen LogP contribution in [0, 0.1) is 0 Å². The first-order valence-electron chi connectivity index (χ1n) is 5.73. The minimum absolute atomic E-state index is 0.248. The first kappa shape index (κ1) is 14.1. The lowest BCUT2D eigenvalue weighted by Gasteiger charge is -2.23. The summed E-state index contributed by atoms with van der Waals surface area (Å²) in [5, 5.41) is 23.5. The van der Waals surface area contributed by atoms with Crippen LogP contribution in [-0.4, -0.2) is 51.8 Å². The molecular formula is C10H11Br2N5O3. The van der Waals surface area contributed by atoms with Gasteiger partial charge in [0.1, 0.15) is 27.9 Å². The van der Waals surface area contributed by atoms with E-state index in [4.69, 9.17) is 10.5 Å². The van der Waals surface area contributed by atoms with Crippen LogP contribution in [-0.2, 0) is 4.74 Å². The molecule has 0 radical (unpaired) electrons. The summed E-state index contributed by atoms with van der Waals surface area (Å²) in [4.78, 5) is 8.01. The molecule has 1 aliphatic heterocycles. The van der Waals surface area contributed by atoms with Crippen molar-refractivity contribution < 1.29 is 14.9 Å². The number of nitrogens with two attached hydrogens (primary N) is 1. The fraction of sp³-hybridized carbons (Fsp3) is 0.500. The SMILES string of the molecule is Nc1ncnn2c([C@@H]3O[C@H](CO)[C@H](O)C3(Br)Br)cnc12. The van der Waals surface area contributed by atoms with E-state index in [-0.39, 0.29) is 12.4 Å². The number of ether oxygens (including phenoxy) is 1. The molecule has 20 heavy (non-hydrogen) atoms. The summed E-state index contributed by atoms with van der Waals surface area (Å²) in [6.45, 7) is -0.301. The largest absolute Gasteiger partial charge is 0.394 e. The Morgan fingerprint density at radius 1 is 1.45 bits per heavy atom. The van der Waals surface area contributed by atoms with Crippen LogP contribution in [0.25, 0.3) is 5.65 Å². The normalized spacial score (nSPS) is 29.1. The van der Waals surface area contributed by atoms with Crippen molar-refractivity contribution in [2.75, 3.05) is 12.3 Å². The summed E-state index contributed by atoms with van der Waals surface area (Å²) < 4.78 is 6.22. The Bertz CT molecular complexity index is 649. The first-order valence-corrected chi connectivity index (χ1v) is 7.31. The van der Waals surface area contributed by atoms with E-state index in [1.807, 2.05) is 0 Å². The van der Waals surface area contributed by atoms with E-state index in [1.54, 1.807) is 6.20 Å². The molecule has 108 valence electrons. The van der Waals surface area contributed by atoms with E-state index in [0.29, 0.717) is 11.3 Å². The van der Waals surface area contributed by atoms with Gasteiger partial charge in [0.05, 0.1) is 18.5 Å². The lowest BCUT2D eigenvalue weighted by atomic mass is 10.1. The Hall–Kier alpha value is -0.810.